The molecule has 0 saturated carbocycles. The third-order valence-corrected chi connectivity index (χ3v) is 3.03. The van der Waals surface area contributed by atoms with Gasteiger partial charge in [0.25, 0.3) is 0 Å². The molecule has 2 rings (SSSR count). The summed E-state index contributed by atoms with van der Waals surface area (Å²) in [4.78, 5) is 2.03. The fourth-order valence-electron chi connectivity index (χ4n) is 2.08. The Morgan fingerprint density at radius 2 is 1.72 bits per heavy atom. The fourth-order valence-corrected chi connectivity index (χ4v) is 2.29. The van der Waals surface area contributed by atoms with Gasteiger partial charge in [-0.3, -0.25) is 0 Å². The second kappa shape index (κ2) is 5.26. The quantitative estimate of drug-likeness (QED) is 0.803. The zero-order chi connectivity index (χ0) is 13.2. The van der Waals surface area contributed by atoms with Gasteiger partial charge in [0.15, 0.2) is 0 Å². The molecule has 0 N–H and O–H groups in total. The number of alkyl halides is 3. The Kier molecular flexibility index (Phi) is 3.90. The minimum atomic E-state index is -4.69. The summed E-state index contributed by atoms with van der Waals surface area (Å²) >= 11 is 5.82. The topological polar surface area (TPSA) is 12.5 Å². The van der Waals surface area contributed by atoms with Crippen molar-refractivity contribution in [1.29, 1.82) is 0 Å². The highest BCUT2D eigenvalue weighted by atomic mass is 35.5. The average Bonchev–Trinajstić information content (AvgIpc) is 2.27. The van der Waals surface area contributed by atoms with E-state index >= 15 is 0 Å². The molecule has 0 atom stereocenters. The van der Waals surface area contributed by atoms with Gasteiger partial charge in [-0.15, -0.1) is 13.2 Å². The van der Waals surface area contributed by atoms with E-state index in [-0.39, 0.29) is 10.8 Å². The maximum absolute atomic E-state index is 12.2. The van der Waals surface area contributed by atoms with Gasteiger partial charge in [-0.1, -0.05) is 11.6 Å². The molecule has 0 aromatic heterocycles. The second-order valence-electron chi connectivity index (χ2n) is 4.24. The summed E-state index contributed by atoms with van der Waals surface area (Å²) in [5, 5.41) is 0.248. The molecule has 1 heterocycles. The van der Waals surface area contributed by atoms with Crippen LogP contribution >= 0.6 is 11.6 Å². The lowest BCUT2D eigenvalue weighted by Gasteiger charge is -2.29. The van der Waals surface area contributed by atoms with E-state index < -0.39 is 6.36 Å². The van der Waals surface area contributed by atoms with Gasteiger partial charge >= 0.3 is 6.36 Å². The Balaban J connectivity index is 2.20. The number of hydrogen-bond acceptors (Lipinski definition) is 2. The molecule has 1 aliphatic rings. The number of anilines is 1. The highest BCUT2D eigenvalue weighted by Gasteiger charge is 2.31. The lowest BCUT2D eigenvalue weighted by Crippen LogP contribution is -2.29. The molecule has 100 valence electrons. The minimum absolute atomic E-state index is 0.248. The molecule has 1 fully saturated rings. The molecule has 0 amide bonds. The van der Waals surface area contributed by atoms with Crippen molar-refractivity contribution < 1.29 is 17.9 Å². The molecule has 0 unspecified atom stereocenters. The molecule has 0 aliphatic carbocycles. The molecule has 1 aromatic rings. The molecule has 0 radical (unpaired) electrons. The van der Waals surface area contributed by atoms with Gasteiger partial charge in [0.2, 0.25) is 0 Å². The SMILES string of the molecule is FC(F)(F)Oc1cc(Cl)cc(N2CCCCC2)c1. The van der Waals surface area contributed by atoms with Gasteiger partial charge < -0.3 is 9.64 Å². The lowest BCUT2D eigenvalue weighted by atomic mass is 10.1. The summed E-state index contributed by atoms with van der Waals surface area (Å²) < 4.78 is 40.4. The van der Waals surface area contributed by atoms with Crippen LogP contribution in [0.1, 0.15) is 19.3 Å². The van der Waals surface area contributed by atoms with Gasteiger partial charge in [-0.25, -0.2) is 0 Å². The average molecular weight is 280 g/mol. The van der Waals surface area contributed by atoms with Crippen LogP contribution in [0.15, 0.2) is 18.2 Å². The van der Waals surface area contributed by atoms with Gasteiger partial charge in [0.1, 0.15) is 5.75 Å². The largest absolute Gasteiger partial charge is 0.573 e. The van der Waals surface area contributed by atoms with Crippen LogP contribution in [0.2, 0.25) is 5.02 Å². The van der Waals surface area contributed by atoms with Gasteiger partial charge in [-0.05, 0) is 31.4 Å². The standard InChI is InChI=1S/C12H13ClF3NO/c13-9-6-10(17-4-2-1-3-5-17)8-11(7-9)18-12(14,15)16/h6-8H,1-5H2. The Hall–Kier alpha value is -1.10. The number of hydrogen-bond donors (Lipinski definition) is 0. The molecule has 0 spiro atoms. The van der Waals surface area contributed by atoms with E-state index in [4.69, 9.17) is 11.6 Å². The number of ether oxygens (including phenoxy) is 1. The number of benzene rings is 1. The normalized spacial score (nSPS) is 16.8. The van der Waals surface area contributed by atoms with E-state index in [0.29, 0.717) is 5.69 Å². The highest BCUT2D eigenvalue weighted by Crippen LogP contribution is 2.31. The van der Waals surface area contributed by atoms with Crippen LogP contribution in [0.5, 0.6) is 5.75 Å². The summed E-state index contributed by atoms with van der Waals surface area (Å²) in [7, 11) is 0. The van der Waals surface area contributed by atoms with Crippen molar-refractivity contribution in [2.75, 3.05) is 18.0 Å². The third-order valence-electron chi connectivity index (χ3n) is 2.81. The van der Waals surface area contributed by atoms with Gasteiger partial charge in [-0.2, -0.15) is 0 Å². The summed E-state index contributed by atoms with van der Waals surface area (Å²) in [5.41, 5.74) is 0.682. The first-order valence-corrected chi connectivity index (χ1v) is 6.13. The molecule has 6 heteroatoms. The van der Waals surface area contributed by atoms with Crippen LogP contribution in [0, 0.1) is 0 Å². The summed E-state index contributed by atoms with van der Waals surface area (Å²) in [6, 6.07) is 4.21. The first kappa shape index (κ1) is 13.3. The molecule has 1 saturated heterocycles. The molecule has 1 aliphatic heterocycles. The highest BCUT2D eigenvalue weighted by molar-refractivity contribution is 6.31. The molecule has 18 heavy (non-hydrogen) atoms. The van der Waals surface area contributed by atoms with E-state index in [0.717, 1.165) is 32.4 Å². The van der Waals surface area contributed by atoms with E-state index in [1.807, 2.05) is 4.90 Å². The van der Waals surface area contributed by atoms with Crippen LogP contribution < -0.4 is 9.64 Å². The number of halogens is 4. The zero-order valence-corrected chi connectivity index (χ0v) is 10.4. The summed E-state index contributed by atoms with van der Waals surface area (Å²) in [5.74, 6) is -0.268. The molecule has 1 aromatic carbocycles. The fraction of sp³-hybridized carbons (Fsp3) is 0.500. The van der Waals surface area contributed by atoms with Crippen LogP contribution in [-0.4, -0.2) is 19.5 Å². The second-order valence-corrected chi connectivity index (χ2v) is 4.68. The molecular formula is C12H13ClF3NO. The van der Waals surface area contributed by atoms with E-state index in [1.165, 1.54) is 12.1 Å². The van der Waals surface area contributed by atoms with Crippen molar-refractivity contribution in [3.63, 3.8) is 0 Å². The lowest BCUT2D eigenvalue weighted by molar-refractivity contribution is -0.274. The van der Waals surface area contributed by atoms with Crippen molar-refractivity contribution in [1.82, 2.24) is 0 Å². The van der Waals surface area contributed by atoms with Crippen LogP contribution in [0.4, 0.5) is 18.9 Å². The first-order valence-electron chi connectivity index (χ1n) is 5.75. The predicted molar refractivity (Wildman–Crippen MR) is 64.2 cm³/mol. The van der Waals surface area contributed by atoms with Gasteiger partial charge in [0.05, 0.1) is 0 Å². The van der Waals surface area contributed by atoms with Crippen molar-refractivity contribution in [3.05, 3.63) is 23.2 Å². The van der Waals surface area contributed by atoms with E-state index in [2.05, 4.69) is 4.74 Å². The van der Waals surface area contributed by atoms with E-state index in [1.54, 1.807) is 6.07 Å². The Morgan fingerprint density at radius 1 is 1.06 bits per heavy atom. The Labute approximate surface area is 108 Å². The van der Waals surface area contributed by atoms with E-state index in [9.17, 15) is 13.2 Å². The van der Waals surface area contributed by atoms with Crippen LogP contribution in [0.25, 0.3) is 0 Å². The molecule has 2 nitrogen and oxygen atoms in total. The van der Waals surface area contributed by atoms with Crippen LogP contribution in [-0.2, 0) is 0 Å². The third kappa shape index (κ3) is 3.70. The first-order chi connectivity index (χ1) is 8.44. The minimum Gasteiger partial charge on any atom is -0.406 e. The van der Waals surface area contributed by atoms with Crippen molar-refractivity contribution in [2.24, 2.45) is 0 Å². The molecular weight excluding hydrogens is 267 g/mol. The van der Waals surface area contributed by atoms with Crippen molar-refractivity contribution in [2.45, 2.75) is 25.6 Å². The van der Waals surface area contributed by atoms with Crippen LogP contribution in [0.3, 0.4) is 0 Å². The predicted octanol–water partition coefficient (Wildman–Crippen LogP) is 4.23. The van der Waals surface area contributed by atoms with Crippen molar-refractivity contribution in [3.8, 4) is 5.75 Å². The molecule has 0 bridgehead atoms. The number of nitrogens with zero attached hydrogens (tertiary/aromatic N) is 1. The Bertz CT molecular complexity index is 416. The monoisotopic (exact) mass is 279 g/mol. The number of piperidine rings is 1. The zero-order valence-electron chi connectivity index (χ0n) is 9.63. The Morgan fingerprint density at radius 3 is 2.33 bits per heavy atom. The maximum Gasteiger partial charge on any atom is 0.573 e. The van der Waals surface area contributed by atoms with Gasteiger partial charge in [0, 0.05) is 29.9 Å². The maximum atomic E-state index is 12.2. The smallest absolute Gasteiger partial charge is 0.406 e. The number of rotatable bonds is 2. The van der Waals surface area contributed by atoms with Crippen molar-refractivity contribution >= 4 is 17.3 Å². The summed E-state index contributed by atoms with van der Waals surface area (Å²) in [6.07, 6.45) is -1.45. The summed E-state index contributed by atoms with van der Waals surface area (Å²) in [6.45, 7) is 1.68.